The van der Waals surface area contributed by atoms with E-state index in [0.717, 1.165) is 0 Å². The van der Waals surface area contributed by atoms with E-state index in [4.69, 9.17) is 111 Å². The molecule has 20 unspecified atom stereocenters. The van der Waals surface area contributed by atoms with Crippen LogP contribution < -0.4 is 11.5 Å². The first kappa shape index (κ1) is 111. The van der Waals surface area contributed by atoms with Crippen molar-refractivity contribution in [3.63, 3.8) is 0 Å². The van der Waals surface area contributed by atoms with Crippen LogP contribution in [0.25, 0.3) is 0 Å². The number of aliphatic hydroxyl groups is 30. The highest BCUT2D eigenvalue weighted by molar-refractivity contribution is 5.76. The van der Waals surface area contributed by atoms with Gasteiger partial charge >= 0.3 is 11.9 Å². The summed E-state index contributed by atoms with van der Waals surface area (Å²) in [5, 5.41) is 354. The molecule has 780 valence electrons. The highest BCUT2D eigenvalue weighted by atomic mass is 16.8. The van der Waals surface area contributed by atoms with Gasteiger partial charge in [-0.15, -0.1) is 0 Å². The topological polar surface area (TPSA) is 927 Å². The van der Waals surface area contributed by atoms with Crippen molar-refractivity contribution in [2.45, 2.75) is 372 Å². The summed E-state index contributed by atoms with van der Waals surface area (Å²) < 4.78 is 125. The monoisotopic (exact) mass is 1960 g/mol. The molecule has 0 bridgehead atoms. The minimum atomic E-state index is -2.97. The fourth-order valence-electron chi connectivity index (χ4n) is 18.0. The van der Waals surface area contributed by atoms with Gasteiger partial charge in [0.05, 0.1) is 127 Å². The fraction of sp³-hybridized carbons (Fsp3) is 0.974. The third-order valence-corrected chi connectivity index (χ3v) is 26.8. The average Bonchev–Trinajstić information content (AvgIpc) is 0.771. The van der Waals surface area contributed by atoms with E-state index in [0.29, 0.717) is 0 Å². The van der Waals surface area contributed by atoms with E-state index in [1.807, 2.05) is 0 Å². The molecule has 11 aliphatic heterocycles. The van der Waals surface area contributed by atoms with E-state index in [1.54, 1.807) is 13.8 Å². The van der Waals surface area contributed by atoms with Crippen molar-refractivity contribution >= 4 is 11.9 Å². The lowest BCUT2D eigenvalue weighted by Crippen LogP contribution is -2.68. The Balaban J connectivity index is 0.829. The van der Waals surface area contributed by atoms with Gasteiger partial charge in [0.1, 0.15) is 208 Å². The van der Waals surface area contributed by atoms with E-state index < -0.39 is 445 Å². The predicted molar refractivity (Wildman–Crippen MR) is 417 cm³/mol. The Morgan fingerprint density at radius 2 is 0.590 bits per heavy atom. The molecule has 57 atom stereocenters. The third-order valence-electron chi connectivity index (χ3n) is 26.8. The Morgan fingerprint density at radius 3 is 0.940 bits per heavy atom. The van der Waals surface area contributed by atoms with E-state index in [-0.39, 0.29) is 0 Å². The molecule has 0 aliphatic carbocycles. The van der Waals surface area contributed by atoms with Gasteiger partial charge in [0.15, 0.2) is 50.3 Å². The summed E-state index contributed by atoms with van der Waals surface area (Å²) in [5.74, 6) is -14.7. The van der Waals surface area contributed by atoms with Crippen LogP contribution >= 0.6 is 0 Å². The van der Waals surface area contributed by atoms with Crippen LogP contribution in [0.15, 0.2) is 0 Å². The summed E-state index contributed by atoms with van der Waals surface area (Å²) in [6, 6.07) is -3.17. The minimum absolute atomic E-state index is 0.584. The first-order valence-electron chi connectivity index (χ1n) is 43.7. The number of ether oxygens (including phenoxy) is 21. The molecule has 0 aromatic rings. The van der Waals surface area contributed by atoms with Gasteiger partial charge < -0.3 is 274 Å². The van der Waals surface area contributed by atoms with Crippen LogP contribution in [0.3, 0.4) is 0 Å². The number of carboxylic acids is 2. The zero-order valence-electron chi connectivity index (χ0n) is 72.8. The van der Waals surface area contributed by atoms with Gasteiger partial charge in [0.25, 0.3) is 11.6 Å². The number of aliphatic carboxylic acids is 2. The first-order chi connectivity index (χ1) is 63.2. The first-order valence-corrected chi connectivity index (χ1v) is 43.7. The maximum atomic E-state index is 12.8. The lowest BCUT2D eigenvalue weighted by molar-refractivity contribution is -0.402. The maximum Gasteiger partial charge on any atom is 0.364 e. The molecule has 0 aromatic heterocycles. The molecule has 0 spiro atoms. The standard InChI is InChI=1S/C77H132N2O55/c1-19-23(5)117-30(12-84)57(39(19)92)126-66-20(2)40(93)60(33(15-87)120-66)129-71-56(109)63(130-73-65(53(106)46(99)29(11-83)119-73)132-68-22(4)42(95)59(32(14-86)122-68)128-70-55(108)51(104)48(101)36(125-70)18-116-77(75(112)113)7-25(89)38(79)62(134-77)44(97)27(91)9-81)49(102)34(123-71)16-114-72-64(52(105)45(98)28(10-82)118-72)131-67-21(3)41(94)58(31(13-85)121-67)127-69-54(107)50(103)47(100)35(124-69)17-115-76(74(110)111)6-24(88)37(78)61(133-76)43(96)26(90)8-80/h19-73,80-109H,6-18,78-79H2,1-5H3,(H,110,111)(H,112,113)/t19-,20+,21?,22+,23+,24-,25-,26-,27-,28?,29-,30?,31+,32?,33?,34?,35?,36?,37-,38-,39?,40?,41?,42?,43-,44-,45-,46-,47+,48+,49-,50?,51?,52+,53?,54+,55+,56-,57-,58-,59-,60-,61?,62?,63?,64?,65?,66+,67+,68+,69+,70+,71+,72+,73-,76-,77-/m1/s1. The van der Waals surface area contributed by atoms with E-state index in [9.17, 15) is 173 Å². The van der Waals surface area contributed by atoms with E-state index in [1.165, 1.54) is 20.8 Å². The Hall–Kier alpha value is -3.18. The van der Waals surface area contributed by atoms with Crippen molar-refractivity contribution in [2.24, 2.45) is 35.1 Å². The summed E-state index contributed by atoms with van der Waals surface area (Å²) in [5.41, 5.74) is 11.9. The summed E-state index contributed by atoms with van der Waals surface area (Å²) in [6.45, 7) is -4.65. The number of hydrogen-bond donors (Lipinski definition) is 34. The summed E-state index contributed by atoms with van der Waals surface area (Å²) in [6.07, 6.45) is -98.7. The molecule has 0 saturated carbocycles. The van der Waals surface area contributed by atoms with Gasteiger partial charge in [-0.3, -0.25) is 0 Å². The van der Waals surface area contributed by atoms with E-state index in [2.05, 4.69) is 0 Å². The van der Waals surface area contributed by atoms with Crippen molar-refractivity contribution in [3.05, 3.63) is 0 Å². The molecule has 134 heavy (non-hydrogen) atoms. The molecule has 11 aliphatic rings. The van der Waals surface area contributed by atoms with Gasteiger partial charge in [0.2, 0.25) is 0 Å². The van der Waals surface area contributed by atoms with Crippen LogP contribution in [-0.2, 0) is 109 Å². The van der Waals surface area contributed by atoms with Crippen LogP contribution in [0.1, 0.15) is 47.5 Å². The number of carbonyl (C=O) groups is 2. The number of hydrogen-bond acceptors (Lipinski definition) is 55. The normalized spacial score (nSPS) is 50.9. The van der Waals surface area contributed by atoms with Crippen LogP contribution in [0.4, 0.5) is 0 Å². The van der Waals surface area contributed by atoms with Gasteiger partial charge in [-0.25, -0.2) is 9.59 Å². The van der Waals surface area contributed by atoms with Crippen molar-refractivity contribution < 1.29 is 272 Å². The second-order valence-electron chi connectivity index (χ2n) is 35.7. The molecule has 0 radical (unpaired) electrons. The molecule has 11 heterocycles. The van der Waals surface area contributed by atoms with Crippen molar-refractivity contribution in [3.8, 4) is 0 Å². The van der Waals surface area contributed by atoms with Crippen LogP contribution in [0.5, 0.6) is 0 Å². The average molecular weight is 1970 g/mol. The summed E-state index contributed by atoms with van der Waals surface area (Å²) in [7, 11) is 0. The second-order valence-corrected chi connectivity index (χ2v) is 35.7. The maximum absolute atomic E-state index is 12.8. The Labute approximate surface area is 761 Å². The van der Waals surface area contributed by atoms with Crippen LogP contribution in [0.2, 0.25) is 0 Å². The molecule has 11 rings (SSSR count). The number of rotatable bonds is 37. The van der Waals surface area contributed by atoms with Crippen molar-refractivity contribution in [2.75, 3.05) is 72.7 Å². The van der Waals surface area contributed by atoms with Crippen molar-refractivity contribution in [1.82, 2.24) is 0 Å². The highest BCUT2D eigenvalue weighted by Gasteiger charge is 2.63. The SMILES string of the molecule is CC1C(O)[C@H](O[C@@H]2OC(CO[C@]3(C(=O)O)C[C@@H](O)[C@@H](N)C([C@H](O)[C@H](O)CO)O3)[C@H](O)C(O)[C@@H]2O)[C@H](CO)O[C@H]1OC1[C@@H](OCC2O[C@@H](O[C@@H]3C(CO)O[C@@H](O[C@@H]4C(CO)O[C@@H](C)[C@@H](C)C4O)[C@@H](C)C3O)[C@H](O)C(O[C@H]3O[C@H](CO)[C@@H](O)C(O)C3O[C@@H]3OC(CO)[C@@H](O[C@@H]4OC(CO[C@]5(C(=O)O)C[C@@H](O)[C@@H](N)C([C@H](O)[C@H](O)CO)O5)[C@H](O)C(O)[C@@H]4O)C(O)[C@@H]3C)[C@@H]2O)OC(CO)[C@@H](O)[C@@H]1O. The molecular formula is C77H132N2O55. The quantitative estimate of drug-likeness (QED) is 0.0275. The zero-order valence-corrected chi connectivity index (χ0v) is 72.8. The molecular weight excluding hydrogens is 1830 g/mol. The van der Waals surface area contributed by atoms with Crippen molar-refractivity contribution in [1.29, 1.82) is 0 Å². The minimum Gasteiger partial charge on any atom is -0.477 e. The predicted octanol–water partition coefficient (Wildman–Crippen LogP) is -20.5. The Morgan fingerprint density at radius 1 is 0.306 bits per heavy atom. The number of aliphatic hydroxyl groups excluding tert-OH is 30. The molecule has 57 nitrogen and oxygen atoms in total. The van der Waals surface area contributed by atoms with E-state index >= 15 is 0 Å². The molecule has 57 heteroatoms. The largest absolute Gasteiger partial charge is 0.477 e. The van der Waals surface area contributed by atoms with Gasteiger partial charge in [-0.1, -0.05) is 27.7 Å². The van der Waals surface area contributed by atoms with Gasteiger partial charge in [0, 0.05) is 36.5 Å². The van der Waals surface area contributed by atoms with Gasteiger partial charge in [-0.2, -0.15) is 0 Å². The highest BCUT2D eigenvalue weighted by Crippen LogP contribution is 2.44. The van der Waals surface area contributed by atoms with Crippen LogP contribution in [-0.4, -0.2) is 572 Å². The molecule has 11 saturated heterocycles. The second kappa shape index (κ2) is 47.1. The smallest absolute Gasteiger partial charge is 0.364 e. The Kier molecular flexibility index (Phi) is 39.1. The third kappa shape index (κ3) is 23.1. The lowest BCUT2D eigenvalue weighted by atomic mass is 9.88. The Bertz CT molecular complexity index is 3610. The number of carboxylic acid groups (broad SMARTS) is 2. The molecule has 36 N–H and O–H groups in total. The summed E-state index contributed by atoms with van der Waals surface area (Å²) >= 11 is 0. The molecule has 0 aromatic carbocycles. The van der Waals surface area contributed by atoms with Crippen LogP contribution in [0, 0.1) is 23.7 Å². The molecule has 0 amide bonds. The summed E-state index contributed by atoms with van der Waals surface area (Å²) in [4.78, 5) is 25.7. The van der Waals surface area contributed by atoms with Gasteiger partial charge in [-0.05, 0) is 6.92 Å². The zero-order chi connectivity index (χ0) is 99.0. The fourth-order valence-corrected chi connectivity index (χ4v) is 18.0. The molecule has 11 fully saturated rings. The number of nitrogens with two attached hydrogens (primary N) is 2. The lowest BCUT2D eigenvalue weighted by Gasteiger charge is -2.51.